The van der Waals surface area contributed by atoms with Gasteiger partial charge in [-0.25, -0.2) is 0 Å². The summed E-state index contributed by atoms with van der Waals surface area (Å²) < 4.78 is 5.97. The maximum atomic E-state index is 12.4. The van der Waals surface area contributed by atoms with Crippen molar-refractivity contribution in [3.63, 3.8) is 0 Å². The first-order valence-electron chi connectivity index (χ1n) is 8.43. The molecule has 3 nitrogen and oxygen atoms in total. The third-order valence-corrected chi connectivity index (χ3v) is 5.90. The van der Waals surface area contributed by atoms with E-state index in [2.05, 4.69) is 6.92 Å². The number of carbonyl (C=O) groups is 1. The minimum Gasteiger partial charge on any atom is -0.459 e. The van der Waals surface area contributed by atoms with Crippen LogP contribution in [-0.4, -0.2) is 22.3 Å². The van der Waals surface area contributed by atoms with E-state index in [0.29, 0.717) is 17.8 Å². The number of carbonyl (C=O) groups excluding carboxylic acids is 1. The van der Waals surface area contributed by atoms with Gasteiger partial charge in [0.1, 0.15) is 5.60 Å². The van der Waals surface area contributed by atoms with Crippen molar-refractivity contribution in [2.24, 2.45) is 23.2 Å². The molecule has 1 N–H and O–H groups in total. The van der Waals surface area contributed by atoms with Crippen molar-refractivity contribution in [3.8, 4) is 0 Å². The fourth-order valence-corrected chi connectivity index (χ4v) is 4.16. The Bertz CT molecular complexity index is 407. The maximum absolute atomic E-state index is 12.4. The molecule has 0 heterocycles. The first-order chi connectivity index (χ1) is 9.47. The first-order valence-corrected chi connectivity index (χ1v) is 8.43. The van der Waals surface area contributed by atoms with Crippen molar-refractivity contribution in [2.75, 3.05) is 0 Å². The molecule has 0 saturated heterocycles. The monoisotopic (exact) mass is 296 g/mol. The van der Waals surface area contributed by atoms with Crippen LogP contribution in [0.2, 0.25) is 0 Å². The van der Waals surface area contributed by atoms with Gasteiger partial charge in [0.05, 0.1) is 11.0 Å². The molecule has 0 aromatic heterocycles. The van der Waals surface area contributed by atoms with Crippen LogP contribution >= 0.6 is 0 Å². The molecule has 4 atom stereocenters. The van der Waals surface area contributed by atoms with Crippen LogP contribution in [0.25, 0.3) is 0 Å². The van der Waals surface area contributed by atoms with Crippen molar-refractivity contribution >= 4 is 5.97 Å². The van der Waals surface area contributed by atoms with E-state index in [1.165, 1.54) is 0 Å². The number of ether oxygens (including phenoxy) is 1. The molecule has 0 radical (unpaired) electrons. The Morgan fingerprint density at radius 2 is 1.90 bits per heavy atom. The van der Waals surface area contributed by atoms with Gasteiger partial charge in [-0.1, -0.05) is 6.92 Å². The molecule has 2 bridgehead atoms. The van der Waals surface area contributed by atoms with Crippen LogP contribution in [0.4, 0.5) is 0 Å². The third kappa shape index (κ3) is 3.44. The average Bonchev–Trinajstić information content (AvgIpc) is 2.83. The lowest BCUT2D eigenvalue weighted by Crippen LogP contribution is -2.43. The van der Waals surface area contributed by atoms with Crippen molar-refractivity contribution in [1.82, 2.24) is 0 Å². The van der Waals surface area contributed by atoms with Gasteiger partial charge >= 0.3 is 5.97 Å². The molecule has 0 spiro atoms. The Hall–Kier alpha value is -0.570. The SMILES string of the molecule is CCC(C)(C)C(=O)OC1(C)CC2CC1CC2CC(C)(C)O. The third-order valence-electron chi connectivity index (χ3n) is 5.90. The molecule has 0 aromatic carbocycles. The van der Waals surface area contributed by atoms with Gasteiger partial charge in [-0.05, 0) is 84.5 Å². The highest BCUT2D eigenvalue weighted by Gasteiger charge is 2.55. The Morgan fingerprint density at radius 3 is 2.33 bits per heavy atom. The fraction of sp³-hybridized carbons (Fsp3) is 0.944. The summed E-state index contributed by atoms with van der Waals surface area (Å²) in [5.74, 6) is 1.59. The van der Waals surface area contributed by atoms with E-state index in [1.807, 2.05) is 34.6 Å². The Morgan fingerprint density at radius 1 is 1.29 bits per heavy atom. The second-order valence-electron chi connectivity index (χ2n) is 8.85. The second-order valence-corrected chi connectivity index (χ2v) is 8.85. The molecule has 2 fully saturated rings. The molecule has 122 valence electrons. The van der Waals surface area contributed by atoms with Crippen LogP contribution in [-0.2, 0) is 9.53 Å². The van der Waals surface area contributed by atoms with E-state index in [-0.39, 0.29) is 11.6 Å². The van der Waals surface area contributed by atoms with Gasteiger partial charge < -0.3 is 9.84 Å². The molecule has 2 aliphatic rings. The second kappa shape index (κ2) is 5.26. The van der Waals surface area contributed by atoms with Gasteiger partial charge in [0.15, 0.2) is 0 Å². The summed E-state index contributed by atoms with van der Waals surface area (Å²) in [4.78, 5) is 12.4. The number of fused-ring (bicyclic) bond motifs is 2. The van der Waals surface area contributed by atoms with Crippen LogP contribution < -0.4 is 0 Å². The lowest BCUT2D eigenvalue weighted by molar-refractivity contribution is -0.175. The van der Waals surface area contributed by atoms with E-state index in [9.17, 15) is 9.90 Å². The lowest BCUT2D eigenvalue weighted by atomic mass is 9.75. The van der Waals surface area contributed by atoms with Crippen LogP contribution in [0.15, 0.2) is 0 Å². The maximum Gasteiger partial charge on any atom is 0.312 e. The van der Waals surface area contributed by atoms with Gasteiger partial charge in [0, 0.05) is 0 Å². The van der Waals surface area contributed by atoms with E-state index in [4.69, 9.17) is 4.74 Å². The summed E-state index contributed by atoms with van der Waals surface area (Å²) in [5, 5.41) is 10.0. The summed E-state index contributed by atoms with van der Waals surface area (Å²) in [6, 6.07) is 0. The normalized spacial score (nSPS) is 36.0. The van der Waals surface area contributed by atoms with Crippen molar-refractivity contribution in [1.29, 1.82) is 0 Å². The molecule has 3 heteroatoms. The standard InChI is InChI=1S/C18H32O3/c1-7-16(2,3)15(19)21-18(6)11-13-9-14(18)8-12(13)10-17(4,5)20/h12-14,20H,7-11H2,1-6H3. The predicted octanol–water partition coefficient (Wildman–Crippen LogP) is 3.93. The van der Waals surface area contributed by atoms with E-state index >= 15 is 0 Å². The van der Waals surface area contributed by atoms with Gasteiger partial charge in [0.25, 0.3) is 0 Å². The van der Waals surface area contributed by atoms with Gasteiger partial charge in [-0.3, -0.25) is 4.79 Å². The van der Waals surface area contributed by atoms with Gasteiger partial charge in [-0.15, -0.1) is 0 Å². The van der Waals surface area contributed by atoms with Crippen molar-refractivity contribution < 1.29 is 14.6 Å². The molecule has 4 unspecified atom stereocenters. The minimum absolute atomic E-state index is 0.0564. The Balaban J connectivity index is 1.99. The zero-order valence-electron chi connectivity index (χ0n) is 14.5. The molecule has 2 aliphatic carbocycles. The average molecular weight is 296 g/mol. The number of hydrogen-bond donors (Lipinski definition) is 1. The van der Waals surface area contributed by atoms with Crippen LogP contribution in [0.5, 0.6) is 0 Å². The molecule has 2 rings (SSSR count). The molecular formula is C18H32O3. The number of esters is 1. The molecule has 0 amide bonds. The van der Waals surface area contributed by atoms with Crippen LogP contribution in [0.3, 0.4) is 0 Å². The Kier molecular flexibility index (Phi) is 4.20. The molecule has 0 aliphatic heterocycles. The smallest absolute Gasteiger partial charge is 0.312 e. The highest BCUT2D eigenvalue weighted by molar-refractivity contribution is 5.76. The molecular weight excluding hydrogens is 264 g/mol. The summed E-state index contributed by atoms with van der Waals surface area (Å²) in [7, 11) is 0. The van der Waals surface area contributed by atoms with Gasteiger partial charge in [0.2, 0.25) is 0 Å². The zero-order chi connectivity index (χ0) is 16.1. The Labute approximate surface area is 129 Å². The largest absolute Gasteiger partial charge is 0.459 e. The topological polar surface area (TPSA) is 46.5 Å². The highest BCUT2D eigenvalue weighted by Crippen LogP contribution is 2.57. The van der Waals surface area contributed by atoms with E-state index < -0.39 is 11.0 Å². The van der Waals surface area contributed by atoms with E-state index in [1.54, 1.807) is 0 Å². The summed E-state index contributed by atoms with van der Waals surface area (Å²) in [6.45, 7) is 11.8. The summed E-state index contributed by atoms with van der Waals surface area (Å²) in [6.07, 6.45) is 4.86. The number of aliphatic hydroxyl groups is 1. The van der Waals surface area contributed by atoms with Crippen molar-refractivity contribution in [3.05, 3.63) is 0 Å². The fourth-order valence-electron chi connectivity index (χ4n) is 4.16. The summed E-state index contributed by atoms with van der Waals surface area (Å²) >= 11 is 0. The predicted molar refractivity (Wildman–Crippen MR) is 83.8 cm³/mol. The minimum atomic E-state index is -0.591. The highest BCUT2D eigenvalue weighted by atomic mass is 16.6. The number of rotatable bonds is 5. The molecule has 0 aromatic rings. The summed E-state index contributed by atoms with van der Waals surface area (Å²) in [5.41, 5.74) is -1.27. The molecule has 2 saturated carbocycles. The van der Waals surface area contributed by atoms with Crippen LogP contribution in [0.1, 0.15) is 73.6 Å². The lowest BCUT2D eigenvalue weighted by Gasteiger charge is -2.39. The number of hydrogen-bond acceptors (Lipinski definition) is 3. The van der Waals surface area contributed by atoms with Crippen molar-refractivity contribution in [2.45, 2.75) is 84.8 Å². The quantitative estimate of drug-likeness (QED) is 0.782. The van der Waals surface area contributed by atoms with Crippen LogP contribution in [0, 0.1) is 23.2 Å². The van der Waals surface area contributed by atoms with E-state index in [0.717, 1.165) is 32.1 Å². The zero-order valence-corrected chi connectivity index (χ0v) is 14.5. The first kappa shape index (κ1) is 16.8. The molecule has 21 heavy (non-hydrogen) atoms. The van der Waals surface area contributed by atoms with Gasteiger partial charge in [-0.2, -0.15) is 0 Å².